The largest absolute Gasteiger partial charge is 0.492 e. The first-order valence-electron chi connectivity index (χ1n) is 9.19. The van der Waals surface area contributed by atoms with Crippen LogP contribution in [-0.2, 0) is 4.84 Å². The van der Waals surface area contributed by atoms with Gasteiger partial charge in [0.2, 0.25) is 0 Å². The predicted molar refractivity (Wildman–Crippen MR) is 111 cm³/mol. The smallest absolute Gasteiger partial charge is 0.125 e. The van der Waals surface area contributed by atoms with Crippen molar-refractivity contribution in [1.82, 2.24) is 0 Å². The molecule has 2 aromatic rings. The molecule has 4 heteroatoms. The Kier molecular flexibility index (Phi) is 7.93. The van der Waals surface area contributed by atoms with Crippen molar-refractivity contribution in [2.45, 2.75) is 33.6 Å². The molecule has 0 heterocycles. The SMILES string of the molecule is C/C=C/COc1cc(C)c(OCC(C)c2cccc(/C=N/OC)c2)c(C)c1. The minimum atomic E-state index is 0.255. The molecule has 0 aliphatic rings. The molecule has 0 N–H and O–H groups in total. The first-order valence-corrected chi connectivity index (χ1v) is 9.19. The maximum atomic E-state index is 6.16. The van der Waals surface area contributed by atoms with Crippen LogP contribution in [0, 0.1) is 13.8 Å². The molecule has 2 rings (SSSR count). The zero-order chi connectivity index (χ0) is 19.6. The fraction of sp³-hybridized carbons (Fsp3) is 0.348. The summed E-state index contributed by atoms with van der Waals surface area (Å²) in [5.74, 6) is 2.05. The summed E-state index contributed by atoms with van der Waals surface area (Å²) in [6, 6.07) is 12.3. The minimum Gasteiger partial charge on any atom is -0.492 e. The summed E-state index contributed by atoms with van der Waals surface area (Å²) in [5.41, 5.74) is 4.38. The van der Waals surface area contributed by atoms with E-state index in [1.165, 1.54) is 12.7 Å². The molecule has 1 atom stereocenters. The average Bonchev–Trinajstić information content (AvgIpc) is 2.66. The highest BCUT2D eigenvalue weighted by Gasteiger charge is 2.11. The van der Waals surface area contributed by atoms with Crippen molar-refractivity contribution in [3.8, 4) is 11.5 Å². The third kappa shape index (κ3) is 6.17. The number of benzene rings is 2. The minimum absolute atomic E-state index is 0.255. The van der Waals surface area contributed by atoms with Gasteiger partial charge in [-0.15, -0.1) is 0 Å². The molecule has 0 aliphatic heterocycles. The molecule has 2 aromatic carbocycles. The maximum absolute atomic E-state index is 6.16. The summed E-state index contributed by atoms with van der Waals surface area (Å²) in [7, 11) is 1.54. The molecule has 0 spiro atoms. The van der Waals surface area contributed by atoms with E-state index >= 15 is 0 Å². The number of rotatable bonds is 9. The first-order chi connectivity index (χ1) is 13.0. The van der Waals surface area contributed by atoms with Gasteiger partial charge in [-0.2, -0.15) is 0 Å². The van der Waals surface area contributed by atoms with Gasteiger partial charge in [-0.1, -0.05) is 42.4 Å². The molecule has 144 valence electrons. The van der Waals surface area contributed by atoms with Crippen molar-refractivity contribution in [2.24, 2.45) is 5.16 Å². The summed E-state index contributed by atoms with van der Waals surface area (Å²) in [6.07, 6.45) is 5.68. The van der Waals surface area contributed by atoms with Gasteiger partial charge >= 0.3 is 0 Å². The second-order valence-corrected chi connectivity index (χ2v) is 6.57. The van der Waals surface area contributed by atoms with Gasteiger partial charge in [0.1, 0.15) is 25.2 Å². The standard InChI is InChI=1S/C23H29NO3/c1-6-7-11-26-22-12-17(2)23(18(3)13-22)27-16-19(4)21-10-8-9-20(14-21)15-24-25-5/h6-10,12-15,19H,11,16H2,1-5H3/b7-6+,24-15+. The summed E-state index contributed by atoms with van der Waals surface area (Å²) in [6.45, 7) is 9.43. The van der Waals surface area contributed by atoms with E-state index in [-0.39, 0.29) is 5.92 Å². The Bertz CT molecular complexity index is 773. The average molecular weight is 367 g/mol. The molecule has 27 heavy (non-hydrogen) atoms. The summed E-state index contributed by atoms with van der Waals surface area (Å²) >= 11 is 0. The van der Waals surface area contributed by atoms with E-state index in [0.29, 0.717) is 13.2 Å². The number of hydrogen-bond donors (Lipinski definition) is 0. The third-order valence-corrected chi connectivity index (χ3v) is 4.28. The van der Waals surface area contributed by atoms with Crippen LogP contribution >= 0.6 is 0 Å². The van der Waals surface area contributed by atoms with Crippen LogP contribution in [-0.4, -0.2) is 26.5 Å². The van der Waals surface area contributed by atoms with Crippen LogP contribution in [0.15, 0.2) is 53.7 Å². The number of oxime groups is 1. The number of nitrogens with zero attached hydrogens (tertiary/aromatic N) is 1. The van der Waals surface area contributed by atoms with Gasteiger partial charge in [0, 0.05) is 5.92 Å². The van der Waals surface area contributed by atoms with Crippen LogP contribution in [0.2, 0.25) is 0 Å². The zero-order valence-corrected chi connectivity index (χ0v) is 16.9. The van der Waals surface area contributed by atoms with Gasteiger partial charge in [0.25, 0.3) is 0 Å². The topological polar surface area (TPSA) is 40.0 Å². The van der Waals surface area contributed by atoms with Crippen LogP contribution in [0.25, 0.3) is 0 Å². The van der Waals surface area contributed by atoms with E-state index in [4.69, 9.17) is 14.3 Å². The Balaban J connectivity index is 2.04. The highest BCUT2D eigenvalue weighted by Crippen LogP contribution is 2.29. The number of allylic oxidation sites excluding steroid dienone is 1. The molecule has 1 unspecified atom stereocenters. The van der Waals surface area contributed by atoms with Crippen molar-refractivity contribution in [1.29, 1.82) is 0 Å². The number of aryl methyl sites for hydroxylation is 2. The monoisotopic (exact) mass is 367 g/mol. The normalized spacial score (nSPS) is 12.5. The van der Waals surface area contributed by atoms with Crippen molar-refractivity contribution in [3.63, 3.8) is 0 Å². The second-order valence-electron chi connectivity index (χ2n) is 6.57. The lowest BCUT2D eigenvalue weighted by molar-refractivity contribution is 0.215. The van der Waals surface area contributed by atoms with Gasteiger partial charge in [0.05, 0.1) is 12.8 Å². The predicted octanol–water partition coefficient (Wildman–Crippen LogP) is 5.42. The Morgan fingerprint density at radius 3 is 2.48 bits per heavy atom. The molecule has 4 nitrogen and oxygen atoms in total. The molecular weight excluding hydrogens is 338 g/mol. The van der Waals surface area contributed by atoms with Crippen LogP contribution in [0.5, 0.6) is 11.5 Å². The molecule has 0 bridgehead atoms. The quantitative estimate of drug-likeness (QED) is 0.337. The van der Waals surface area contributed by atoms with Gasteiger partial charge < -0.3 is 14.3 Å². The fourth-order valence-electron chi connectivity index (χ4n) is 2.83. The molecule has 0 aliphatic carbocycles. The molecule has 0 aromatic heterocycles. The Morgan fingerprint density at radius 2 is 1.81 bits per heavy atom. The van der Waals surface area contributed by atoms with Crippen molar-refractivity contribution >= 4 is 6.21 Å². The number of ether oxygens (including phenoxy) is 2. The first kappa shape index (κ1) is 20.6. The molecular formula is C23H29NO3. The molecule has 0 radical (unpaired) electrons. The van der Waals surface area contributed by atoms with Crippen molar-refractivity contribution in [3.05, 3.63) is 70.8 Å². The molecule has 0 saturated heterocycles. The second kappa shape index (κ2) is 10.4. The van der Waals surface area contributed by atoms with Crippen molar-refractivity contribution in [2.75, 3.05) is 20.3 Å². The lowest BCUT2D eigenvalue weighted by Gasteiger charge is -2.18. The van der Waals surface area contributed by atoms with E-state index in [0.717, 1.165) is 28.2 Å². The van der Waals surface area contributed by atoms with Crippen LogP contribution in [0.4, 0.5) is 0 Å². The maximum Gasteiger partial charge on any atom is 0.125 e. The van der Waals surface area contributed by atoms with E-state index < -0.39 is 0 Å². The highest BCUT2D eigenvalue weighted by molar-refractivity contribution is 5.79. The Hall–Kier alpha value is -2.75. The van der Waals surface area contributed by atoms with Crippen LogP contribution in [0.1, 0.15) is 42.0 Å². The Morgan fingerprint density at radius 1 is 1.07 bits per heavy atom. The Labute approximate surface area is 162 Å². The zero-order valence-electron chi connectivity index (χ0n) is 16.9. The van der Waals surface area contributed by atoms with Crippen molar-refractivity contribution < 1.29 is 14.3 Å². The summed E-state index contributed by atoms with van der Waals surface area (Å²) in [4.78, 5) is 4.75. The molecule has 0 amide bonds. The third-order valence-electron chi connectivity index (χ3n) is 4.28. The fourth-order valence-corrected chi connectivity index (χ4v) is 2.83. The molecule has 0 fully saturated rings. The van der Waals surface area contributed by atoms with Crippen LogP contribution in [0.3, 0.4) is 0 Å². The van der Waals surface area contributed by atoms with Crippen LogP contribution < -0.4 is 9.47 Å². The van der Waals surface area contributed by atoms with Gasteiger partial charge in [-0.05, 0) is 61.2 Å². The molecule has 0 saturated carbocycles. The van der Waals surface area contributed by atoms with E-state index in [1.807, 2.05) is 43.3 Å². The summed E-state index contributed by atoms with van der Waals surface area (Å²) < 4.78 is 11.9. The van der Waals surface area contributed by atoms with E-state index in [1.54, 1.807) is 6.21 Å². The highest BCUT2D eigenvalue weighted by atomic mass is 16.6. The summed E-state index contributed by atoms with van der Waals surface area (Å²) in [5, 5.41) is 3.82. The van der Waals surface area contributed by atoms with Gasteiger partial charge in [-0.25, -0.2) is 0 Å². The van der Waals surface area contributed by atoms with Gasteiger partial charge in [0.15, 0.2) is 0 Å². The number of hydrogen-bond acceptors (Lipinski definition) is 4. The van der Waals surface area contributed by atoms with Gasteiger partial charge in [-0.3, -0.25) is 0 Å². The van der Waals surface area contributed by atoms with E-state index in [2.05, 4.69) is 38.1 Å². The lowest BCUT2D eigenvalue weighted by atomic mass is 10.00. The lowest BCUT2D eigenvalue weighted by Crippen LogP contribution is -2.09. The van der Waals surface area contributed by atoms with E-state index in [9.17, 15) is 0 Å².